The van der Waals surface area contributed by atoms with Crippen molar-refractivity contribution < 1.29 is 24.3 Å². The molecule has 0 spiro atoms. The Balaban J connectivity index is 1.62. The third-order valence-electron chi connectivity index (χ3n) is 5.73. The molecule has 1 atom stereocenters. The topological polar surface area (TPSA) is 110 Å². The van der Waals surface area contributed by atoms with Crippen LogP contribution in [-0.4, -0.2) is 56.5 Å². The zero-order chi connectivity index (χ0) is 22.4. The summed E-state index contributed by atoms with van der Waals surface area (Å²) in [4.78, 5) is 37.8. The SMILES string of the molecule is Cc1ccc([C@@H](CNC(=O)C(=O)Nc2ccc([N+](=O)[O-])cc2)[NH+]2CC[NH+](C)CC2)cc1. The van der Waals surface area contributed by atoms with Gasteiger partial charge in [0.2, 0.25) is 0 Å². The molecule has 31 heavy (non-hydrogen) atoms. The Kier molecular flexibility index (Phi) is 7.32. The molecule has 0 aliphatic carbocycles. The van der Waals surface area contributed by atoms with Crippen LogP contribution in [0, 0.1) is 17.0 Å². The predicted molar refractivity (Wildman–Crippen MR) is 116 cm³/mol. The number of amides is 2. The molecule has 2 aromatic rings. The van der Waals surface area contributed by atoms with E-state index in [0.717, 1.165) is 31.7 Å². The van der Waals surface area contributed by atoms with Gasteiger partial charge < -0.3 is 20.4 Å². The van der Waals surface area contributed by atoms with Crippen molar-refractivity contribution in [3.63, 3.8) is 0 Å². The number of benzene rings is 2. The number of nitrogens with zero attached hydrogens (tertiary/aromatic N) is 1. The molecule has 0 bridgehead atoms. The second-order valence-corrected chi connectivity index (χ2v) is 8.05. The Labute approximate surface area is 181 Å². The van der Waals surface area contributed by atoms with Crippen molar-refractivity contribution in [2.75, 3.05) is 45.1 Å². The van der Waals surface area contributed by atoms with Crippen LogP contribution in [0.3, 0.4) is 0 Å². The highest BCUT2D eigenvalue weighted by Gasteiger charge is 2.30. The van der Waals surface area contributed by atoms with Gasteiger partial charge in [0.25, 0.3) is 5.69 Å². The zero-order valence-corrected chi connectivity index (χ0v) is 17.8. The van der Waals surface area contributed by atoms with Gasteiger partial charge in [0.1, 0.15) is 32.2 Å². The van der Waals surface area contributed by atoms with Gasteiger partial charge in [-0.25, -0.2) is 0 Å². The standard InChI is InChI=1S/C22H27N5O4/c1-16-3-5-17(6-4-16)20(26-13-11-25(2)12-14-26)15-23-21(28)22(29)24-18-7-9-19(10-8-18)27(30)31/h3-10,20H,11-15H2,1-2H3,(H,23,28)(H,24,29)/p+2/t20-/m1/s1. The third kappa shape index (κ3) is 6.09. The predicted octanol–water partition coefficient (Wildman–Crippen LogP) is -0.888. The van der Waals surface area contributed by atoms with Gasteiger partial charge in [0.05, 0.1) is 18.5 Å². The number of hydrogen-bond donors (Lipinski definition) is 4. The number of piperazine rings is 1. The lowest BCUT2D eigenvalue weighted by Gasteiger charge is -2.33. The molecule has 0 radical (unpaired) electrons. The van der Waals surface area contributed by atoms with Crippen LogP contribution in [0.5, 0.6) is 0 Å². The summed E-state index contributed by atoms with van der Waals surface area (Å²) in [5.41, 5.74) is 2.55. The Hall–Kier alpha value is -3.30. The number of quaternary nitrogens is 2. The quantitative estimate of drug-likeness (QED) is 0.272. The molecule has 2 amide bonds. The summed E-state index contributed by atoms with van der Waals surface area (Å²) in [5, 5.41) is 16.0. The first-order chi connectivity index (χ1) is 14.8. The van der Waals surface area contributed by atoms with Crippen LogP contribution >= 0.6 is 0 Å². The first kappa shape index (κ1) is 22.4. The number of carbonyl (C=O) groups is 2. The molecule has 1 heterocycles. The maximum Gasteiger partial charge on any atom is 0.313 e. The Bertz CT molecular complexity index is 922. The molecule has 0 unspecified atom stereocenters. The van der Waals surface area contributed by atoms with E-state index < -0.39 is 16.7 Å². The van der Waals surface area contributed by atoms with Crippen LogP contribution in [0.1, 0.15) is 17.2 Å². The van der Waals surface area contributed by atoms with E-state index in [1.165, 1.54) is 39.6 Å². The van der Waals surface area contributed by atoms with Crippen molar-refractivity contribution in [1.29, 1.82) is 0 Å². The van der Waals surface area contributed by atoms with Crippen LogP contribution in [-0.2, 0) is 9.59 Å². The van der Waals surface area contributed by atoms with Crippen LogP contribution in [0.25, 0.3) is 0 Å². The smallest absolute Gasteiger partial charge is 0.313 e. The lowest BCUT2D eigenvalue weighted by Crippen LogP contribution is -3.27. The van der Waals surface area contributed by atoms with Gasteiger partial charge in [0, 0.05) is 23.4 Å². The molecule has 9 nitrogen and oxygen atoms in total. The van der Waals surface area contributed by atoms with E-state index in [1.807, 2.05) is 6.92 Å². The lowest BCUT2D eigenvalue weighted by molar-refractivity contribution is -1.02. The number of aryl methyl sites for hydroxylation is 1. The summed E-state index contributed by atoms with van der Waals surface area (Å²) >= 11 is 0. The van der Waals surface area contributed by atoms with Gasteiger partial charge in [-0.1, -0.05) is 29.8 Å². The Morgan fingerprint density at radius 1 is 1.00 bits per heavy atom. The van der Waals surface area contributed by atoms with Gasteiger partial charge in [-0.3, -0.25) is 19.7 Å². The van der Waals surface area contributed by atoms with Gasteiger partial charge >= 0.3 is 11.8 Å². The molecule has 1 aliphatic heterocycles. The van der Waals surface area contributed by atoms with Crippen molar-refractivity contribution in [3.05, 3.63) is 69.8 Å². The number of nitro benzene ring substituents is 1. The van der Waals surface area contributed by atoms with Crippen LogP contribution in [0.15, 0.2) is 48.5 Å². The molecule has 0 saturated carbocycles. The number of nitrogens with one attached hydrogen (secondary N) is 4. The molecule has 9 heteroatoms. The highest BCUT2D eigenvalue weighted by Crippen LogP contribution is 2.15. The van der Waals surface area contributed by atoms with Gasteiger partial charge in [0.15, 0.2) is 0 Å². The van der Waals surface area contributed by atoms with E-state index in [-0.39, 0.29) is 11.7 Å². The fourth-order valence-corrected chi connectivity index (χ4v) is 3.77. The fraction of sp³-hybridized carbons (Fsp3) is 0.364. The number of likely N-dealkylation sites (N-methyl/N-ethyl adjacent to an activating group) is 1. The van der Waals surface area contributed by atoms with Gasteiger partial charge in [-0.15, -0.1) is 0 Å². The molecular weight excluding hydrogens is 398 g/mol. The maximum atomic E-state index is 12.4. The number of non-ortho nitro benzene ring substituents is 1. The zero-order valence-electron chi connectivity index (χ0n) is 17.8. The molecule has 4 N–H and O–H groups in total. The molecule has 1 saturated heterocycles. The molecular formula is C22H29N5O4+2. The van der Waals surface area contributed by atoms with Crippen molar-refractivity contribution in [1.82, 2.24) is 5.32 Å². The van der Waals surface area contributed by atoms with Crippen molar-refractivity contribution in [2.24, 2.45) is 0 Å². The van der Waals surface area contributed by atoms with Crippen molar-refractivity contribution >= 4 is 23.2 Å². The number of anilines is 1. The number of hydrogen-bond acceptors (Lipinski definition) is 4. The Morgan fingerprint density at radius 2 is 1.61 bits per heavy atom. The van der Waals surface area contributed by atoms with E-state index in [1.54, 1.807) is 0 Å². The van der Waals surface area contributed by atoms with E-state index in [4.69, 9.17) is 0 Å². The summed E-state index contributed by atoms with van der Waals surface area (Å²) in [7, 11) is 2.18. The maximum absolute atomic E-state index is 12.4. The van der Waals surface area contributed by atoms with E-state index in [0.29, 0.717) is 12.2 Å². The summed E-state index contributed by atoms with van der Waals surface area (Å²) in [6, 6.07) is 13.7. The first-order valence-electron chi connectivity index (χ1n) is 10.4. The summed E-state index contributed by atoms with van der Waals surface area (Å²) < 4.78 is 0. The fourth-order valence-electron chi connectivity index (χ4n) is 3.77. The van der Waals surface area contributed by atoms with Gasteiger partial charge in [-0.2, -0.15) is 0 Å². The highest BCUT2D eigenvalue weighted by atomic mass is 16.6. The molecule has 1 fully saturated rings. The first-order valence-corrected chi connectivity index (χ1v) is 10.4. The second-order valence-electron chi connectivity index (χ2n) is 8.05. The van der Waals surface area contributed by atoms with E-state index in [2.05, 4.69) is 41.9 Å². The molecule has 3 rings (SSSR count). The van der Waals surface area contributed by atoms with Crippen LogP contribution < -0.4 is 20.4 Å². The number of carbonyl (C=O) groups excluding carboxylic acids is 2. The Morgan fingerprint density at radius 3 is 2.19 bits per heavy atom. The minimum atomic E-state index is -0.797. The number of rotatable bonds is 6. The minimum Gasteiger partial charge on any atom is -0.341 e. The van der Waals surface area contributed by atoms with Crippen LogP contribution in [0.2, 0.25) is 0 Å². The highest BCUT2D eigenvalue weighted by molar-refractivity contribution is 6.39. The summed E-state index contributed by atoms with van der Waals surface area (Å²) in [5.74, 6) is -1.52. The van der Waals surface area contributed by atoms with Gasteiger partial charge in [-0.05, 0) is 19.1 Å². The average Bonchev–Trinajstić information content (AvgIpc) is 2.76. The molecule has 1 aliphatic rings. The van der Waals surface area contributed by atoms with E-state index in [9.17, 15) is 19.7 Å². The molecule has 164 valence electrons. The summed E-state index contributed by atoms with van der Waals surface area (Å²) in [6.45, 7) is 6.50. The van der Waals surface area contributed by atoms with Crippen molar-refractivity contribution in [2.45, 2.75) is 13.0 Å². The van der Waals surface area contributed by atoms with Crippen molar-refractivity contribution in [3.8, 4) is 0 Å². The van der Waals surface area contributed by atoms with E-state index >= 15 is 0 Å². The molecule has 2 aromatic carbocycles. The summed E-state index contributed by atoms with van der Waals surface area (Å²) in [6.07, 6.45) is 0. The average molecular weight is 428 g/mol. The number of nitro groups is 1. The monoisotopic (exact) mass is 427 g/mol. The van der Waals surface area contributed by atoms with Crippen LogP contribution in [0.4, 0.5) is 11.4 Å². The minimum absolute atomic E-state index is 0.0600. The third-order valence-corrected chi connectivity index (χ3v) is 5.73. The normalized spacial score (nSPS) is 19.3. The molecule has 0 aromatic heterocycles. The lowest BCUT2D eigenvalue weighted by atomic mass is 10.0. The second kappa shape index (κ2) is 10.1. The largest absolute Gasteiger partial charge is 0.341 e.